The van der Waals surface area contributed by atoms with Crippen molar-refractivity contribution in [3.05, 3.63) is 0 Å². The lowest BCUT2D eigenvalue weighted by molar-refractivity contribution is -0.127. The molecular weight excluding hydrogens is 278 g/mol. The number of hydrogen-bond acceptors (Lipinski definition) is 3. The molecule has 2 N–H and O–H groups in total. The smallest absolute Gasteiger partial charge is 0.243 e. The van der Waals surface area contributed by atoms with Crippen molar-refractivity contribution in [1.29, 1.82) is 0 Å². The molecule has 6 nitrogen and oxygen atoms in total. The first-order chi connectivity index (χ1) is 10.6. The molecule has 3 rings (SSSR count). The van der Waals surface area contributed by atoms with Gasteiger partial charge in [-0.15, -0.1) is 0 Å². The Morgan fingerprint density at radius 1 is 1.05 bits per heavy atom. The van der Waals surface area contributed by atoms with Crippen LogP contribution in [0.5, 0.6) is 0 Å². The van der Waals surface area contributed by atoms with Crippen molar-refractivity contribution in [2.75, 3.05) is 33.7 Å². The minimum absolute atomic E-state index is 0.0421. The summed E-state index contributed by atoms with van der Waals surface area (Å²) >= 11 is 0. The summed E-state index contributed by atoms with van der Waals surface area (Å²) in [7, 11) is 3.54. The molecule has 1 amide bonds. The Morgan fingerprint density at radius 3 is 2.14 bits per heavy atom. The van der Waals surface area contributed by atoms with E-state index in [2.05, 4.69) is 20.5 Å². The summed E-state index contributed by atoms with van der Waals surface area (Å²) in [6.45, 7) is 2.60. The van der Waals surface area contributed by atoms with Crippen molar-refractivity contribution in [1.82, 2.24) is 20.4 Å². The number of carbonyl (C=O) groups is 1. The first kappa shape index (κ1) is 15.6. The number of likely N-dealkylation sites (tertiary alicyclic amines) is 1. The lowest BCUT2D eigenvalue weighted by Crippen LogP contribution is -2.49. The van der Waals surface area contributed by atoms with Crippen LogP contribution in [-0.2, 0) is 4.79 Å². The number of piperidine rings is 1. The van der Waals surface area contributed by atoms with E-state index in [1.54, 1.807) is 19.0 Å². The summed E-state index contributed by atoms with van der Waals surface area (Å²) in [5.41, 5.74) is 0. The Balaban J connectivity index is 1.48. The van der Waals surface area contributed by atoms with Gasteiger partial charge >= 0.3 is 0 Å². The van der Waals surface area contributed by atoms with Gasteiger partial charge in [0.15, 0.2) is 5.96 Å². The molecule has 22 heavy (non-hydrogen) atoms. The normalized spacial score (nSPS) is 24.2. The van der Waals surface area contributed by atoms with Crippen LogP contribution in [0.4, 0.5) is 0 Å². The number of rotatable bonds is 5. The third kappa shape index (κ3) is 4.60. The summed E-state index contributed by atoms with van der Waals surface area (Å²) in [4.78, 5) is 20.4. The fourth-order valence-corrected chi connectivity index (χ4v) is 2.88. The van der Waals surface area contributed by atoms with Crippen LogP contribution in [-0.4, -0.2) is 73.5 Å². The molecule has 6 heteroatoms. The number of guanidine groups is 1. The molecule has 0 atom stereocenters. The standard InChI is InChI=1S/C16H29N5O/c1-20(2)15(22)11-17-16(18-12-3-4-12)19-13-7-9-21(10-8-13)14-5-6-14/h12-14H,3-11H2,1-2H3,(H2,17,18,19). The molecule has 1 saturated heterocycles. The highest BCUT2D eigenvalue weighted by Gasteiger charge is 2.32. The van der Waals surface area contributed by atoms with Gasteiger partial charge < -0.3 is 20.4 Å². The molecule has 124 valence electrons. The third-order valence-electron chi connectivity index (χ3n) is 4.72. The van der Waals surface area contributed by atoms with Gasteiger partial charge in [0.2, 0.25) is 5.91 Å². The molecule has 0 unspecified atom stereocenters. The second kappa shape index (κ2) is 6.86. The second-order valence-electron chi connectivity index (χ2n) is 7.06. The zero-order chi connectivity index (χ0) is 15.5. The van der Waals surface area contributed by atoms with Gasteiger partial charge in [0.1, 0.15) is 6.54 Å². The van der Waals surface area contributed by atoms with Crippen LogP contribution in [0.3, 0.4) is 0 Å². The SMILES string of the molecule is CN(C)C(=O)CN=C(NC1CC1)NC1CCN(C2CC2)CC1. The predicted molar refractivity (Wildman–Crippen MR) is 87.9 cm³/mol. The van der Waals surface area contributed by atoms with Gasteiger partial charge in [-0.25, -0.2) is 4.99 Å². The van der Waals surface area contributed by atoms with Crippen molar-refractivity contribution < 1.29 is 4.79 Å². The van der Waals surface area contributed by atoms with Crippen LogP contribution in [0.15, 0.2) is 4.99 Å². The van der Waals surface area contributed by atoms with Crippen LogP contribution in [0.25, 0.3) is 0 Å². The molecule has 0 aromatic rings. The van der Waals surface area contributed by atoms with E-state index < -0.39 is 0 Å². The van der Waals surface area contributed by atoms with Gasteiger partial charge in [0.25, 0.3) is 0 Å². The maximum Gasteiger partial charge on any atom is 0.243 e. The molecule has 2 aliphatic carbocycles. The molecule has 3 fully saturated rings. The molecule has 1 aliphatic heterocycles. The van der Waals surface area contributed by atoms with Gasteiger partial charge in [0, 0.05) is 45.3 Å². The minimum Gasteiger partial charge on any atom is -0.354 e. The summed E-state index contributed by atoms with van der Waals surface area (Å²) in [6, 6.07) is 1.90. The zero-order valence-electron chi connectivity index (χ0n) is 13.8. The van der Waals surface area contributed by atoms with Crippen LogP contribution in [0.1, 0.15) is 38.5 Å². The van der Waals surface area contributed by atoms with E-state index in [-0.39, 0.29) is 12.5 Å². The average Bonchev–Trinajstić information content (AvgIpc) is 3.37. The molecular formula is C16H29N5O. The topological polar surface area (TPSA) is 60.0 Å². The Labute approximate surface area is 133 Å². The number of nitrogens with one attached hydrogen (secondary N) is 2. The largest absolute Gasteiger partial charge is 0.354 e. The van der Waals surface area contributed by atoms with E-state index in [9.17, 15) is 4.79 Å². The lowest BCUT2D eigenvalue weighted by atomic mass is 10.1. The summed E-state index contributed by atoms with van der Waals surface area (Å²) in [6.07, 6.45) is 7.54. The van der Waals surface area contributed by atoms with Crippen molar-refractivity contribution in [3.8, 4) is 0 Å². The monoisotopic (exact) mass is 307 g/mol. The maximum atomic E-state index is 11.7. The van der Waals surface area contributed by atoms with Crippen molar-refractivity contribution >= 4 is 11.9 Å². The quantitative estimate of drug-likeness (QED) is 0.570. The minimum atomic E-state index is 0.0421. The number of nitrogens with zero attached hydrogens (tertiary/aromatic N) is 3. The van der Waals surface area contributed by atoms with Gasteiger partial charge in [-0.05, 0) is 38.5 Å². The Morgan fingerprint density at radius 2 is 1.64 bits per heavy atom. The van der Waals surface area contributed by atoms with E-state index in [1.807, 2.05) is 0 Å². The predicted octanol–water partition coefficient (Wildman–Crippen LogP) is 0.399. The number of carbonyl (C=O) groups excluding carboxylic acids is 1. The fraction of sp³-hybridized carbons (Fsp3) is 0.875. The van der Waals surface area contributed by atoms with Crippen molar-refractivity contribution in [3.63, 3.8) is 0 Å². The van der Waals surface area contributed by atoms with Crippen molar-refractivity contribution in [2.45, 2.75) is 56.7 Å². The maximum absolute atomic E-state index is 11.7. The third-order valence-corrected chi connectivity index (χ3v) is 4.72. The highest BCUT2D eigenvalue weighted by Crippen LogP contribution is 2.29. The summed E-state index contributed by atoms with van der Waals surface area (Å²) in [5, 5.41) is 6.98. The van der Waals surface area contributed by atoms with Crippen LogP contribution >= 0.6 is 0 Å². The van der Waals surface area contributed by atoms with Crippen LogP contribution < -0.4 is 10.6 Å². The van der Waals surface area contributed by atoms with Gasteiger partial charge in [-0.1, -0.05) is 0 Å². The van der Waals surface area contributed by atoms with Gasteiger partial charge in [0.05, 0.1) is 0 Å². The molecule has 0 bridgehead atoms. The molecule has 0 aromatic heterocycles. The number of aliphatic imine (C=N–C) groups is 1. The molecule has 3 aliphatic rings. The Kier molecular flexibility index (Phi) is 4.86. The van der Waals surface area contributed by atoms with E-state index in [1.165, 1.54) is 51.6 Å². The van der Waals surface area contributed by atoms with E-state index in [0.717, 1.165) is 12.0 Å². The van der Waals surface area contributed by atoms with E-state index in [4.69, 9.17) is 0 Å². The first-order valence-electron chi connectivity index (χ1n) is 8.63. The number of hydrogen-bond donors (Lipinski definition) is 2. The second-order valence-corrected chi connectivity index (χ2v) is 7.06. The molecule has 1 heterocycles. The van der Waals surface area contributed by atoms with Crippen LogP contribution in [0, 0.1) is 0 Å². The lowest BCUT2D eigenvalue weighted by Gasteiger charge is -2.33. The molecule has 0 radical (unpaired) electrons. The van der Waals surface area contributed by atoms with E-state index in [0.29, 0.717) is 12.1 Å². The number of likely N-dealkylation sites (N-methyl/N-ethyl adjacent to an activating group) is 1. The molecule has 0 spiro atoms. The highest BCUT2D eigenvalue weighted by molar-refractivity contribution is 5.85. The molecule has 0 aromatic carbocycles. The number of amides is 1. The van der Waals surface area contributed by atoms with E-state index >= 15 is 0 Å². The summed E-state index contributed by atoms with van der Waals surface area (Å²) < 4.78 is 0. The fourth-order valence-electron chi connectivity index (χ4n) is 2.88. The Bertz CT molecular complexity index is 420. The Hall–Kier alpha value is -1.30. The zero-order valence-corrected chi connectivity index (χ0v) is 13.8. The van der Waals surface area contributed by atoms with Gasteiger partial charge in [-0.3, -0.25) is 4.79 Å². The first-order valence-corrected chi connectivity index (χ1v) is 8.63. The average molecular weight is 307 g/mol. The van der Waals surface area contributed by atoms with Gasteiger partial charge in [-0.2, -0.15) is 0 Å². The van der Waals surface area contributed by atoms with Crippen LogP contribution in [0.2, 0.25) is 0 Å². The van der Waals surface area contributed by atoms with Crippen molar-refractivity contribution in [2.24, 2.45) is 4.99 Å². The highest BCUT2D eigenvalue weighted by atomic mass is 16.2. The summed E-state index contributed by atoms with van der Waals surface area (Å²) in [5.74, 6) is 0.864. The molecule has 2 saturated carbocycles.